The number of halogens is 1. The fourth-order valence-corrected chi connectivity index (χ4v) is 7.28. The molecule has 4 nitrogen and oxygen atoms in total. The zero-order valence-corrected chi connectivity index (χ0v) is 23.6. The second-order valence-electron chi connectivity index (χ2n) is 12.3. The second kappa shape index (κ2) is 10.1. The summed E-state index contributed by atoms with van der Waals surface area (Å²) in [4.78, 5) is 12.0. The number of aryl methyl sites for hydroxylation is 1. The molecule has 1 fully saturated rings. The van der Waals surface area contributed by atoms with Crippen LogP contribution < -0.4 is 9.47 Å². The molecule has 0 unspecified atom stereocenters. The molecule has 208 valence electrons. The van der Waals surface area contributed by atoms with Crippen LogP contribution in [0.25, 0.3) is 16.7 Å². The molecular weight excluding hydrogens is 503 g/mol. The molecule has 0 heterocycles. The Morgan fingerprint density at radius 1 is 0.975 bits per heavy atom. The van der Waals surface area contributed by atoms with E-state index in [9.17, 15) is 9.90 Å². The zero-order valence-electron chi connectivity index (χ0n) is 23.6. The highest BCUT2D eigenvalue weighted by Gasteiger charge is 2.53. The Labute approximate surface area is 235 Å². The van der Waals surface area contributed by atoms with Crippen molar-refractivity contribution in [2.75, 3.05) is 7.11 Å². The summed E-state index contributed by atoms with van der Waals surface area (Å²) in [6.45, 7) is 4.86. The van der Waals surface area contributed by atoms with E-state index in [0.29, 0.717) is 17.9 Å². The molecule has 0 aromatic heterocycles. The van der Waals surface area contributed by atoms with Crippen molar-refractivity contribution in [3.05, 3.63) is 88.7 Å². The molecule has 1 saturated carbocycles. The number of benzene rings is 3. The maximum absolute atomic E-state index is 15.1. The number of carboxylic acids is 1. The number of fused-ring (bicyclic) bond motifs is 2. The minimum atomic E-state index is -0.686. The monoisotopic (exact) mass is 540 g/mol. The van der Waals surface area contributed by atoms with Gasteiger partial charge in [-0.2, -0.15) is 0 Å². The number of aliphatic carboxylic acids is 1. The first-order chi connectivity index (χ1) is 19.2. The number of carbonyl (C=O) groups is 1. The zero-order chi connectivity index (χ0) is 28.1. The molecule has 3 aliphatic carbocycles. The average molecular weight is 541 g/mol. The molecule has 3 aliphatic rings. The van der Waals surface area contributed by atoms with Crippen LogP contribution >= 0.6 is 0 Å². The van der Waals surface area contributed by atoms with Gasteiger partial charge in [0.2, 0.25) is 0 Å². The van der Waals surface area contributed by atoms with Gasteiger partial charge in [-0.15, -0.1) is 0 Å². The molecule has 3 aromatic rings. The van der Waals surface area contributed by atoms with E-state index in [0.717, 1.165) is 72.9 Å². The van der Waals surface area contributed by atoms with Crippen molar-refractivity contribution in [2.24, 2.45) is 11.3 Å². The van der Waals surface area contributed by atoms with Gasteiger partial charge < -0.3 is 14.6 Å². The smallest absolute Gasteiger partial charge is 0.307 e. The Bertz CT molecular complexity index is 1500. The third-order valence-electron chi connectivity index (χ3n) is 9.62. The second-order valence-corrected chi connectivity index (χ2v) is 12.3. The van der Waals surface area contributed by atoms with Crippen LogP contribution in [0.5, 0.6) is 11.5 Å². The van der Waals surface area contributed by atoms with Crippen LogP contribution in [-0.4, -0.2) is 18.2 Å². The van der Waals surface area contributed by atoms with E-state index in [-0.39, 0.29) is 22.6 Å². The van der Waals surface area contributed by atoms with Gasteiger partial charge in [-0.1, -0.05) is 38.1 Å². The summed E-state index contributed by atoms with van der Waals surface area (Å²) in [5.74, 6) is 0.116. The van der Waals surface area contributed by atoms with Crippen LogP contribution in [0.15, 0.2) is 60.7 Å². The highest BCUT2D eigenvalue weighted by atomic mass is 19.1. The maximum atomic E-state index is 15.1. The normalized spacial score (nSPS) is 22.8. The summed E-state index contributed by atoms with van der Waals surface area (Å²) < 4.78 is 26.8. The molecule has 3 aromatic carbocycles. The van der Waals surface area contributed by atoms with E-state index in [1.54, 1.807) is 19.2 Å². The molecule has 5 heteroatoms. The molecule has 6 rings (SSSR count). The molecule has 0 amide bonds. The van der Waals surface area contributed by atoms with Gasteiger partial charge in [-0.3, -0.25) is 4.79 Å². The van der Waals surface area contributed by atoms with Crippen LogP contribution in [0, 0.1) is 17.2 Å². The van der Waals surface area contributed by atoms with Gasteiger partial charge in [0.1, 0.15) is 23.9 Å². The molecule has 0 radical (unpaired) electrons. The van der Waals surface area contributed by atoms with Crippen molar-refractivity contribution in [1.82, 2.24) is 0 Å². The summed E-state index contributed by atoms with van der Waals surface area (Å²) in [6.07, 6.45) is 8.95. The average Bonchev–Trinajstić information content (AvgIpc) is 3.29. The molecular formula is C35H37FO4. The lowest BCUT2D eigenvalue weighted by atomic mass is 9.52. The van der Waals surface area contributed by atoms with Gasteiger partial charge in [0.15, 0.2) is 0 Å². The number of allylic oxidation sites excluding steroid dienone is 2. The van der Waals surface area contributed by atoms with E-state index >= 15 is 4.39 Å². The van der Waals surface area contributed by atoms with Crippen molar-refractivity contribution >= 4 is 11.5 Å². The van der Waals surface area contributed by atoms with Crippen LogP contribution in [0.3, 0.4) is 0 Å². The fraction of sp³-hybridized carbons (Fsp3) is 0.400. The Balaban J connectivity index is 1.32. The molecule has 40 heavy (non-hydrogen) atoms. The van der Waals surface area contributed by atoms with E-state index in [2.05, 4.69) is 38.1 Å². The quantitative estimate of drug-likeness (QED) is 0.327. The van der Waals surface area contributed by atoms with Crippen molar-refractivity contribution < 1.29 is 23.8 Å². The Morgan fingerprint density at radius 3 is 2.50 bits per heavy atom. The van der Waals surface area contributed by atoms with E-state index < -0.39 is 5.97 Å². The number of rotatable bonds is 7. The minimum absolute atomic E-state index is 0.0140. The third kappa shape index (κ3) is 4.49. The lowest BCUT2D eigenvalue weighted by Crippen LogP contribution is -2.50. The van der Waals surface area contributed by atoms with Gasteiger partial charge >= 0.3 is 5.97 Å². The van der Waals surface area contributed by atoms with E-state index in [1.165, 1.54) is 17.2 Å². The number of ether oxygens (including phenoxy) is 2. The van der Waals surface area contributed by atoms with E-state index in [1.807, 2.05) is 18.2 Å². The highest BCUT2D eigenvalue weighted by molar-refractivity contribution is 5.85. The molecule has 0 saturated heterocycles. The fourth-order valence-electron chi connectivity index (χ4n) is 7.28. The van der Waals surface area contributed by atoms with E-state index in [4.69, 9.17) is 9.47 Å². The van der Waals surface area contributed by atoms with Gasteiger partial charge in [-0.05, 0) is 120 Å². The van der Waals surface area contributed by atoms with Gasteiger partial charge in [0, 0.05) is 11.0 Å². The first kappa shape index (κ1) is 26.6. The molecule has 1 N–H and O–H groups in total. The summed E-state index contributed by atoms with van der Waals surface area (Å²) in [7, 11) is 1.59. The molecule has 0 bridgehead atoms. The van der Waals surface area contributed by atoms with Gasteiger partial charge in [-0.25, -0.2) is 4.39 Å². The molecule has 0 aliphatic heterocycles. The Morgan fingerprint density at radius 2 is 1.80 bits per heavy atom. The van der Waals surface area contributed by atoms with Crippen LogP contribution in [0.4, 0.5) is 4.39 Å². The van der Waals surface area contributed by atoms with Crippen LogP contribution in [0.1, 0.15) is 74.6 Å². The topological polar surface area (TPSA) is 55.8 Å². The highest BCUT2D eigenvalue weighted by Crippen LogP contribution is 2.56. The van der Waals surface area contributed by atoms with Gasteiger partial charge in [0.05, 0.1) is 13.0 Å². The summed E-state index contributed by atoms with van der Waals surface area (Å²) in [5.41, 5.74) is 6.79. The number of methoxy groups -OCH3 is 1. The predicted octanol–water partition coefficient (Wildman–Crippen LogP) is 8.35. The number of hydrogen-bond acceptors (Lipinski definition) is 3. The Kier molecular flexibility index (Phi) is 6.72. The van der Waals surface area contributed by atoms with Gasteiger partial charge in [0.25, 0.3) is 0 Å². The molecule has 2 atom stereocenters. The first-order valence-corrected chi connectivity index (χ1v) is 14.4. The third-order valence-corrected chi connectivity index (χ3v) is 9.62. The summed E-state index contributed by atoms with van der Waals surface area (Å²) >= 11 is 0. The maximum Gasteiger partial charge on any atom is 0.307 e. The minimum Gasteiger partial charge on any atom is -0.497 e. The summed E-state index contributed by atoms with van der Waals surface area (Å²) in [6, 6.07) is 17.2. The SMILES string of the molecule is COc1ccc(F)c(-c2ccc(COc3ccc4c(c3)[C@@]3(CCC4)CC[C@@H]3C(=O)O)cc2C2=CCCC2(C)C)c1. The van der Waals surface area contributed by atoms with Crippen molar-refractivity contribution in [3.63, 3.8) is 0 Å². The predicted molar refractivity (Wildman–Crippen MR) is 155 cm³/mol. The van der Waals surface area contributed by atoms with Crippen LogP contribution in [0.2, 0.25) is 0 Å². The van der Waals surface area contributed by atoms with Crippen LogP contribution in [-0.2, 0) is 23.2 Å². The first-order valence-electron chi connectivity index (χ1n) is 14.4. The number of hydrogen-bond donors (Lipinski definition) is 1. The van der Waals surface area contributed by atoms with Crippen molar-refractivity contribution in [2.45, 2.75) is 70.8 Å². The largest absolute Gasteiger partial charge is 0.497 e. The summed E-state index contributed by atoms with van der Waals surface area (Å²) in [5, 5.41) is 9.84. The lowest BCUT2D eigenvalue weighted by Gasteiger charge is -2.51. The standard InChI is InChI=1S/C35H37FO4/c1-34(2)15-5-7-29(34)27-18-22(8-12-26(27)28-19-24(39-3)11-13-32(28)36)21-40-25-10-9-23-6-4-16-35(31(23)20-25)17-14-30(35)33(37)38/h7-13,18-20,30H,4-6,14-17,21H2,1-3H3,(H,37,38)/t30-,35+/m1/s1. The lowest BCUT2D eigenvalue weighted by molar-refractivity contribution is -0.150. The van der Waals surface area contributed by atoms with Crippen molar-refractivity contribution in [3.8, 4) is 22.6 Å². The Hall–Kier alpha value is -3.60. The molecule has 1 spiro atoms. The number of carboxylic acid groups (broad SMARTS) is 1. The van der Waals surface area contributed by atoms with Crippen molar-refractivity contribution in [1.29, 1.82) is 0 Å².